The highest BCUT2D eigenvalue weighted by molar-refractivity contribution is 7.89. The maximum absolute atomic E-state index is 12.7. The van der Waals surface area contributed by atoms with E-state index in [1.54, 1.807) is 36.4 Å². The molecule has 0 bridgehead atoms. The van der Waals surface area contributed by atoms with Crippen LogP contribution < -0.4 is 10.1 Å². The Balaban J connectivity index is 1.66. The van der Waals surface area contributed by atoms with E-state index in [4.69, 9.17) is 4.74 Å². The smallest absolute Gasteiger partial charge is 0.255 e. The molecule has 0 aliphatic carbocycles. The largest absolute Gasteiger partial charge is 0.494 e. The summed E-state index contributed by atoms with van der Waals surface area (Å²) in [6, 6.07) is 13.1. The molecule has 1 amide bonds. The SMILES string of the molecule is CCOc1ccc(C(=O)Nc2ccc(S(=O)(=O)N3CCN(C)CC3)cc2)cc1. The highest BCUT2D eigenvalue weighted by atomic mass is 32.2. The van der Waals surface area contributed by atoms with Crippen molar-refractivity contribution in [2.75, 3.05) is 45.2 Å². The van der Waals surface area contributed by atoms with Crippen molar-refractivity contribution in [3.05, 3.63) is 54.1 Å². The van der Waals surface area contributed by atoms with Crippen LogP contribution in [0.1, 0.15) is 17.3 Å². The van der Waals surface area contributed by atoms with Gasteiger partial charge in [0.15, 0.2) is 0 Å². The van der Waals surface area contributed by atoms with E-state index in [-0.39, 0.29) is 10.8 Å². The molecule has 28 heavy (non-hydrogen) atoms. The minimum Gasteiger partial charge on any atom is -0.494 e. The fourth-order valence-corrected chi connectivity index (χ4v) is 4.38. The van der Waals surface area contributed by atoms with Crippen LogP contribution >= 0.6 is 0 Å². The fraction of sp³-hybridized carbons (Fsp3) is 0.350. The third-order valence-electron chi connectivity index (χ3n) is 4.64. The lowest BCUT2D eigenvalue weighted by Gasteiger charge is -2.31. The molecule has 0 saturated carbocycles. The van der Waals surface area contributed by atoms with Gasteiger partial charge in [-0.25, -0.2) is 8.42 Å². The fourth-order valence-electron chi connectivity index (χ4n) is 2.96. The zero-order valence-corrected chi connectivity index (χ0v) is 16.9. The van der Waals surface area contributed by atoms with Crippen LogP contribution in [0.2, 0.25) is 0 Å². The van der Waals surface area contributed by atoms with Crippen LogP contribution in [-0.4, -0.2) is 63.4 Å². The summed E-state index contributed by atoms with van der Waals surface area (Å²) in [5, 5.41) is 2.78. The second-order valence-electron chi connectivity index (χ2n) is 6.64. The first kappa shape index (κ1) is 20.3. The second kappa shape index (κ2) is 8.72. The Morgan fingerprint density at radius 3 is 2.18 bits per heavy atom. The average Bonchev–Trinajstić information content (AvgIpc) is 2.69. The number of rotatable bonds is 6. The van der Waals surface area contributed by atoms with E-state index in [9.17, 15) is 13.2 Å². The van der Waals surface area contributed by atoms with Crippen molar-refractivity contribution < 1.29 is 17.9 Å². The van der Waals surface area contributed by atoms with Gasteiger partial charge in [0.1, 0.15) is 5.75 Å². The van der Waals surface area contributed by atoms with Crippen LogP contribution in [0.25, 0.3) is 0 Å². The summed E-state index contributed by atoms with van der Waals surface area (Å²) in [7, 11) is -1.54. The van der Waals surface area contributed by atoms with E-state index in [0.717, 1.165) is 13.1 Å². The van der Waals surface area contributed by atoms with Crippen molar-refractivity contribution in [3.63, 3.8) is 0 Å². The number of sulfonamides is 1. The van der Waals surface area contributed by atoms with Gasteiger partial charge in [0.05, 0.1) is 11.5 Å². The molecule has 1 N–H and O–H groups in total. The first-order valence-corrected chi connectivity index (χ1v) is 10.7. The molecule has 0 spiro atoms. The van der Waals surface area contributed by atoms with Gasteiger partial charge in [0, 0.05) is 37.4 Å². The number of anilines is 1. The van der Waals surface area contributed by atoms with Crippen LogP contribution in [0.4, 0.5) is 5.69 Å². The van der Waals surface area contributed by atoms with Crippen LogP contribution in [0, 0.1) is 0 Å². The molecule has 1 fully saturated rings. The maximum atomic E-state index is 12.7. The lowest BCUT2D eigenvalue weighted by molar-refractivity contribution is 0.102. The highest BCUT2D eigenvalue weighted by Gasteiger charge is 2.27. The number of piperazine rings is 1. The molecular weight excluding hydrogens is 378 g/mol. The third-order valence-corrected chi connectivity index (χ3v) is 6.55. The summed E-state index contributed by atoms with van der Waals surface area (Å²) in [6.07, 6.45) is 0. The summed E-state index contributed by atoms with van der Waals surface area (Å²) in [4.78, 5) is 14.7. The van der Waals surface area contributed by atoms with E-state index in [1.165, 1.54) is 16.4 Å². The number of hydrogen-bond donors (Lipinski definition) is 1. The van der Waals surface area contributed by atoms with E-state index in [2.05, 4.69) is 10.2 Å². The molecule has 2 aromatic rings. The summed E-state index contributed by atoms with van der Waals surface area (Å²) in [5.74, 6) is 0.440. The van der Waals surface area contributed by atoms with Crippen LogP contribution in [0.5, 0.6) is 5.75 Å². The van der Waals surface area contributed by atoms with Crippen molar-refractivity contribution in [1.82, 2.24) is 9.21 Å². The maximum Gasteiger partial charge on any atom is 0.255 e. The van der Waals surface area contributed by atoms with Crippen molar-refractivity contribution in [2.45, 2.75) is 11.8 Å². The van der Waals surface area contributed by atoms with Gasteiger partial charge in [0.2, 0.25) is 10.0 Å². The number of likely N-dealkylation sites (N-methyl/N-ethyl adjacent to an activating group) is 1. The molecule has 0 radical (unpaired) electrons. The lowest BCUT2D eigenvalue weighted by atomic mass is 10.2. The molecule has 1 aliphatic rings. The summed E-state index contributed by atoms with van der Waals surface area (Å²) in [5.41, 5.74) is 1.04. The Morgan fingerprint density at radius 2 is 1.61 bits per heavy atom. The molecule has 150 valence electrons. The zero-order valence-electron chi connectivity index (χ0n) is 16.1. The molecule has 8 heteroatoms. The molecule has 7 nitrogen and oxygen atoms in total. The normalized spacial score (nSPS) is 15.9. The predicted molar refractivity (Wildman–Crippen MR) is 108 cm³/mol. The van der Waals surface area contributed by atoms with Gasteiger partial charge < -0.3 is 15.0 Å². The molecular formula is C20H25N3O4S. The number of carbonyl (C=O) groups excluding carboxylic acids is 1. The number of carbonyl (C=O) groups is 1. The standard InChI is InChI=1S/C20H25N3O4S/c1-3-27-18-8-4-16(5-9-18)20(24)21-17-6-10-19(11-7-17)28(25,26)23-14-12-22(2)13-15-23/h4-11H,3,12-15H2,1-2H3,(H,21,24). The molecule has 1 aliphatic heterocycles. The van der Waals surface area contributed by atoms with Crippen molar-refractivity contribution in [1.29, 1.82) is 0 Å². The summed E-state index contributed by atoms with van der Waals surface area (Å²) in [6.45, 7) is 4.86. The monoisotopic (exact) mass is 403 g/mol. The Morgan fingerprint density at radius 1 is 1.00 bits per heavy atom. The zero-order chi connectivity index (χ0) is 20.1. The van der Waals surface area contributed by atoms with Gasteiger partial charge in [-0.15, -0.1) is 0 Å². The van der Waals surface area contributed by atoms with E-state index >= 15 is 0 Å². The van der Waals surface area contributed by atoms with E-state index < -0.39 is 10.0 Å². The molecule has 2 aromatic carbocycles. The number of ether oxygens (including phenoxy) is 1. The number of amides is 1. The Kier molecular flexibility index (Phi) is 6.33. The van der Waals surface area contributed by atoms with Crippen molar-refractivity contribution >= 4 is 21.6 Å². The first-order chi connectivity index (χ1) is 13.4. The molecule has 0 atom stereocenters. The number of benzene rings is 2. The van der Waals surface area contributed by atoms with Gasteiger partial charge in [-0.2, -0.15) is 4.31 Å². The average molecular weight is 404 g/mol. The van der Waals surface area contributed by atoms with Crippen LogP contribution in [0.3, 0.4) is 0 Å². The molecule has 3 rings (SSSR count). The van der Waals surface area contributed by atoms with Crippen molar-refractivity contribution in [2.24, 2.45) is 0 Å². The molecule has 0 unspecified atom stereocenters. The third kappa shape index (κ3) is 4.70. The molecule has 1 heterocycles. The molecule has 0 aromatic heterocycles. The highest BCUT2D eigenvalue weighted by Crippen LogP contribution is 2.20. The minimum atomic E-state index is -3.51. The Hall–Kier alpha value is -2.42. The molecule has 1 saturated heterocycles. The van der Waals surface area contributed by atoms with Gasteiger partial charge in [-0.1, -0.05) is 0 Å². The van der Waals surface area contributed by atoms with Gasteiger partial charge in [0.25, 0.3) is 5.91 Å². The number of nitrogens with zero attached hydrogens (tertiary/aromatic N) is 2. The summed E-state index contributed by atoms with van der Waals surface area (Å²) < 4.78 is 32.3. The van der Waals surface area contributed by atoms with Crippen LogP contribution in [-0.2, 0) is 10.0 Å². The topological polar surface area (TPSA) is 78.9 Å². The lowest BCUT2D eigenvalue weighted by Crippen LogP contribution is -2.46. The van der Waals surface area contributed by atoms with Crippen LogP contribution in [0.15, 0.2) is 53.4 Å². The quantitative estimate of drug-likeness (QED) is 0.801. The van der Waals surface area contributed by atoms with Gasteiger partial charge in [-0.05, 0) is 62.5 Å². The number of nitrogens with one attached hydrogen (secondary N) is 1. The van der Waals surface area contributed by atoms with Gasteiger partial charge >= 0.3 is 0 Å². The van der Waals surface area contributed by atoms with E-state index in [0.29, 0.717) is 36.7 Å². The number of hydrogen-bond acceptors (Lipinski definition) is 5. The predicted octanol–water partition coefficient (Wildman–Crippen LogP) is 2.27. The minimum absolute atomic E-state index is 0.233. The first-order valence-electron chi connectivity index (χ1n) is 9.23. The van der Waals surface area contributed by atoms with E-state index in [1.807, 2.05) is 14.0 Å². The Bertz CT molecular complexity index is 903. The Labute approximate surface area is 166 Å². The summed E-state index contributed by atoms with van der Waals surface area (Å²) >= 11 is 0. The second-order valence-corrected chi connectivity index (χ2v) is 8.58. The van der Waals surface area contributed by atoms with Crippen molar-refractivity contribution in [3.8, 4) is 5.75 Å². The van der Waals surface area contributed by atoms with Gasteiger partial charge in [-0.3, -0.25) is 4.79 Å².